The minimum absolute atomic E-state index is 0.106. The summed E-state index contributed by atoms with van der Waals surface area (Å²) in [6.07, 6.45) is -25.5. The Morgan fingerprint density at radius 2 is 1.31 bits per heavy atom. The number of rotatable bonds is 18. The lowest BCUT2D eigenvalue weighted by molar-refractivity contribution is -0.375. The van der Waals surface area contributed by atoms with E-state index >= 15 is 0 Å². The number of hydrogen-bond donors (Lipinski definition) is 13. The van der Waals surface area contributed by atoms with E-state index in [9.17, 15) is 79.0 Å². The van der Waals surface area contributed by atoms with Gasteiger partial charge in [-0.25, -0.2) is 4.98 Å². The van der Waals surface area contributed by atoms with Crippen LogP contribution in [0.1, 0.15) is 71.6 Å². The molecule has 3 aromatic heterocycles. The molecule has 8 unspecified atom stereocenters. The van der Waals surface area contributed by atoms with E-state index in [1.54, 1.807) is 81.1 Å². The van der Waals surface area contributed by atoms with Crippen molar-refractivity contribution in [2.75, 3.05) is 57.0 Å². The third-order valence-electron chi connectivity index (χ3n) is 17.3. The van der Waals surface area contributed by atoms with Gasteiger partial charge < -0.3 is 109 Å². The number of hydrogen-bond acceptors (Lipinski definition) is 34. The van der Waals surface area contributed by atoms with Gasteiger partial charge in [0, 0.05) is 23.4 Å². The summed E-state index contributed by atoms with van der Waals surface area (Å²) in [5.41, 5.74) is 7.72. The second-order valence-corrected chi connectivity index (χ2v) is 30.1. The van der Waals surface area contributed by atoms with Crippen molar-refractivity contribution in [3.8, 4) is 6.07 Å². The summed E-state index contributed by atoms with van der Waals surface area (Å²) in [7, 11) is -2.24. The van der Waals surface area contributed by atoms with E-state index in [4.69, 9.17) is 71.1 Å². The van der Waals surface area contributed by atoms with E-state index in [-0.39, 0.29) is 34.3 Å². The van der Waals surface area contributed by atoms with E-state index in [1.165, 1.54) is 49.3 Å². The molecule has 109 heavy (non-hydrogen) atoms. The summed E-state index contributed by atoms with van der Waals surface area (Å²) in [5.74, 6) is -0.420. The maximum atomic E-state index is 12.0. The fourth-order valence-electron chi connectivity index (χ4n) is 11.3. The second kappa shape index (κ2) is 40.7. The maximum Gasteiger partial charge on any atom is 0.286 e. The van der Waals surface area contributed by atoms with Crippen LogP contribution < -0.4 is 10.6 Å². The molecule has 20 atom stereocenters. The summed E-state index contributed by atoms with van der Waals surface area (Å²) >= 11 is 16.8. The zero-order valence-corrected chi connectivity index (χ0v) is 64.7. The number of nitriles is 1. The Labute approximate surface area is 651 Å². The molecule has 40 heteroatoms. The fraction of sp³-hybridized carbons (Fsp3) is 0.464. The first-order valence-corrected chi connectivity index (χ1v) is 39.0. The first-order chi connectivity index (χ1) is 52.0. The summed E-state index contributed by atoms with van der Waals surface area (Å²) in [6.45, 7) is 9.81. The zero-order valence-electron chi connectivity index (χ0n) is 59.1. The van der Waals surface area contributed by atoms with Crippen molar-refractivity contribution in [3.05, 3.63) is 157 Å². The van der Waals surface area contributed by atoms with Crippen LogP contribution in [0.5, 0.6) is 0 Å². The Balaban J connectivity index is 0.000000193. The zero-order chi connectivity index (χ0) is 79.7. The molecule has 4 fully saturated rings. The SMILES string of the molecule is C=CCOC1=NS(=O)(=O)c2ccccc21.CO[C@@H]1C(OCC2O[C@@H](O[C@@H]3C(O)[C@H](C)OC(CO)[C@H]3O)C(O)[C@@H](O[C@@H]3OC(CO)[C@@H](O)[C@H](O)C3O)[C@@H]2O)[C@H](C)OC(CO)[C@H]1O.CSC(=O)c1cccc2ncsc12.Cc1ccc(NC(=O)c2snnc2C)cc1Cl.Cc1nsc(C(=O)Nc2ccccc2C#N)c1Cl. The molecule has 0 bridgehead atoms. The van der Waals surface area contributed by atoms with Crippen molar-refractivity contribution in [2.45, 2.75) is 162 Å². The lowest BCUT2D eigenvalue weighted by Gasteiger charge is -2.48. The number of aromatic nitrogens is 4. The lowest BCUT2D eigenvalue weighted by Crippen LogP contribution is -2.67. The van der Waals surface area contributed by atoms with E-state index in [0.29, 0.717) is 53.7 Å². The highest BCUT2D eigenvalue weighted by atomic mass is 35.5. The van der Waals surface area contributed by atoms with E-state index in [2.05, 4.69) is 40.6 Å². The number of halogens is 2. The quantitative estimate of drug-likeness (QED) is 0.0547. The number of carbonyl (C=O) groups excluding carboxylic acids is 3. The van der Waals surface area contributed by atoms with Crippen molar-refractivity contribution < 1.29 is 122 Å². The molecular formula is C69H82Cl2N8O25S5. The lowest BCUT2D eigenvalue weighted by atomic mass is 9.94. The number of aliphatic hydroxyl groups is 11. The standard InChI is InChI=1S/C27H48O19.C12H8ClN3OS.C11H10ClN3OS.C10H9NO3S.C9H7NOS2/c1-8-14(31)23(16(33)11(5-29)41-8)45-27-21(38)24(46-26-20(37)19(36)15(32)10(4-28)43-26)18(35)13(44-27)7-40-22-9(2)42-12(6-30)17(34)25(22)39-3;1-7-10(13)11(18-16-7)12(17)15-9-5-3-2-4-8(9)6-14;1-6-3-4-8(5-9(6)12)13-11(16)10-7(2)14-15-17-10;1-2-7-14-10-8-5-3-4-6-9(8)15(12,13)11-10;1-12-9(11)6-3-2-4-7-8(6)13-5-10-7/h8-38H,4-7H2,1-3H3;2-5H,1H3,(H,15,17);3-5H,1-2H3,(H,13,16);2-6H,1,7H2;2-5H,1H3/t8-,9-,10?,11?,12?,13?,14?,15+,16+,17+,18+,19-,20?,21?,22?,23+,24-,25-,26-,27-;;;;/m0..../s1. The second-order valence-electron chi connectivity index (χ2n) is 24.6. The van der Waals surface area contributed by atoms with Crippen molar-refractivity contribution in [1.82, 2.24) is 18.9 Å². The van der Waals surface area contributed by atoms with Gasteiger partial charge in [0.1, 0.15) is 125 Å². The molecule has 4 saturated heterocycles. The van der Waals surface area contributed by atoms with Crippen molar-refractivity contribution in [3.63, 3.8) is 0 Å². The number of carbonyl (C=O) groups is 3. The number of aliphatic hydroxyl groups excluding tert-OH is 11. The van der Waals surface area contributed by atoms with Gasteiger partial charge in [0.05, 0.1) is 87.6 Å². The number of nitrogens with zero attached hydrogens (tertiary/aromatic N) is 6. The predicted molar refractivity (Wildman–Crippen MR) is 399 cm³/mol. The topological polar surface area (TPSA) is 503 Å². The third-order valence-corrected chi connectivity index (χ3v) is 22.8. The predicted octanol–water partition coefficient (Wildman–Crippen LogP) is 3.47. The monoisotopic (exact) mass is 1650 g/mol. The Kier molecular flexibility index (Phi) is 32.9. The number of para-hydroxylation sites is 1. The van der Waals surface area contributed by atoms with Crippen LogP contribution in [0.4, 0.5) is 11.4 Å². The van der Waals surface area contributed by atoms with Crippen LogP contribution in [0.25, 0.3) is 10.2 Å². The van der Waals surface area contributed by atoms with Gasteiger partial charge in [-0.1, -0.05) is 88.5 Å². The number of anilines is 2. The molecular weight excluding hydrogens is 1570 g/mol. The minimum Gasteiger partial charge on any atom is -0.472 e. The van der Waals surface area contributed by atoms with E-state index < -0.39 is 159 Å². The van der Waals surface area contributed by atoms with Gasteiger partial charge in [-0.3, -0.25) is 14.4 Å². The molecule has 7 aromatic rings. The maximum absolute atomic E-state index is 12.0. The smallest absolute Gasteiger partial charge is 0.286 e. The normalized spacial score (nSPS) is 28.7. The van der Waals surface area contributed by atoms with E-state index in [0.717, 1.165) is 44.4 Å². The third kappa shape index (κ3) is 21.6. The number of sulfonamides is 1. The van der Waals surface area contributed by atoms with Crippen LogP contribution in [0.15, 0.2) is 112 Å². The molecule has 0 saturated carbocycles. The summed E-state index contributed by atoms with van der Waals surface area (Å²) in [4.78, 5) is 40.5. The Hall–Kier alpha value is -6.61. The number of benzene rings is 4. The number of nitrogens with one attached hydrogen (secondary N) is 2. The number of aryl methyl sites for hydroxylation is 3. The number of fused-ring (bicyclic) bond motifs is 2. The number of ether oxygens (including phenoxy) is 9. The van der Waals surface area contributed by atoms with Gasteiger partial charge in [-0.2, -0.15) is 18.1 Å². The molecule has 12 rings (SSSR count). The van der Waals surface area contributed by atoms with Crippen LogP contribution in [0.2, 0.25) is 10.0 Å². The van der Waals surface area contributed by atoms with Crippen LogP contribution in [-0.4, -0.2) is 275 Å². The molecule has 0 spiro atoms. The molecule has 0 radical (unpaired) electrons. The number of thioether (sulfide) groups is 1. The highest BCUT2D eigenvalue weighted by Gasteiger charge is 2.54. The number of methoxy groups -OCH3 is 1. The highest BCUT2D eigenvalue weighted by molar-refractivity contribution is 8.13. The van der Waals surface area contributed by atoms with Crippen LogP contribution in [0.3, 0.4) is 0 Å². The van der Waals surface area contributed by atoms with Crippen molar-refractivity contribution in [2.24, 2.45) is 4.40 Å². The summed E-state index contributed by atoms with van der Waals surface area (Å²) < 4.78 is 85.6. The van der Waals surface area contributed by atoms with Gasteiger partial charge in [0.15, 0.2) is 12.6 Å². The number of thiazole rings is 1. The van der Waals surface area contributed by atoms with Crippen molar-refractivity contribution >= 4 is 124 Å². The molecule has 5 aliphatic rings. The molecule has 2 amide bonds. The Morgan fingerprint density at radius 1 is 0.697 bits per heavy atom. The Bertz CT molecular complexity index is 4400. The van der Waals surface area contributed by atoms with Crippen LogP contribution >= 0.6 is 69.4 Å². The molecule has 5 aliphatic heterocycles. The highest BCUT2D eigenvalue weighted by Crippen LogP contribution is 2.36. The average Bonchev–Trinajstić information content (AvgIpc) is 1.76. The van der Waals surface area contributed by atoms with Crippen LogP contribution in [0, 0.1) is 32.1 Å². The van der Waals surface area contributed by atoms with Crippen molar-refractivity contribution in [1.29, 1.82) is 5.26 Å². The Morgan fingerprint density at radius 3 is 1.94 bits per heavy atom. The van der Waals surface area contributed by atoms with Gasteiger partial charge in [0.25, 0.3) is 21.8 Å². The van der Waals surface area contributed by atoms with Gasteiger partial charge >= 0.3 is 0 Å². The first-order valence-electron chi connectivity index (χ1n) is 33.2. The minimum atomic E-state index is -3.56. The van der Waals surface area contributed by atoms with Gasteiger partial charge in [-0.05, 0) is 118 Å². The molecule has 592 valence electrons. The molecule has 8 heterocycles. The molecule has 13 N–H and O–H groups in total. The van der Waals surface area contributed by atoms with Crippen LogP contribution in [-0.2, 0) is 52.7 Å². The molecule has 0 aliphatic carbocycles. The summed E-state index contributed by atoms with van der Waals surface area (Å²) in [5, 5.41) is 134. The first kappa shape index (κ1) is 88.0. The average molecular weight is 1650 g/mol. The van der Waals surface area contributed by atoms with E-state index in [1.807, 2.05) is 43.3 Å². The van der Waals surface area contributed by atoms with Gasteiger partial charge in [0.2, 0.25) is 11.0 Å². The van der Waals surface area contributed by atoms with Gasteiger partial charge in [-0.15, -0.1) is 20.8 Å². The molecule has 33 nitrogen and oxygen atoms in total. The summed E-state index contributed by atoms with van der Waals surface area (Å²) in [6, 6.07) is 26.4. The largest absolute Gasteiger partial charge is 0.472 e. The molecule has 4 aromatic carbocycles. The number of amides is 2. The fourth-order valence-corrected chi connectivity index (χ4v) is 15.4.